The molecular weight excluding hydrogens is 262 g/mol. The van der Waals surface area contributed by atoms with E-state index in [1.807, 2.05) is 30.5 Å². The summed E-state index contributed by atoms with van der Waals surface area (Å²) < 4.78 is 24.7. The van der Waals surface area contributed by atoms with E-state index in [-0.39, 0.29) is 17.5 Å². The molecule has 1 aliphatic heterocycles. The van der Waals surface area contributed by atoms with E-state index in [0.717, 1.165) is 11.1 Å². The first-order valence-corrected chi connectivity index (χ1v) is 7.97. The van der Waals surface area contributed by atoms with Gasteiger partial charge in [0, 0.05) is 23.0 Å². The van der Waals surface area contributed by atoms with Crippen LogP contribution in [0.2, 0.25) is 0 Å². The van der Waals surface area contributed by atoms with Crippen LogP contribution in [0.5, 0.6) is 0 Å². The number of benzene rings is 1. The fourth-order valence-corrected chi connectivity index (χ4v) is 4.12. The zero-order valence-corrected chi connectivity index (χ0v) is 11.2. The maximum atomic E-state index is 11.5. The number of hydrogen-bond donors (Lipinski definition) is 1. The molecule has 0 spiro atoms. The molecule has 0 bridgehead atoms. The van der Waals surface area contributed by atoms with E-state index in [1.54, 1.807) is 10.9 Å². The summed E-state index contributed by atoms with van der Waals surface area (Å²) >= 11 is 0. The van der Waals surface area contributed by atoms with Crippen molar-refractivity contribution in [3.63, 3.8) is 0 Å². The number of para-hydroxylation sites is 1. The molecule has 6 heteroatoms. The SMILES string of the molecule is Nc1ccccc1-c1cnn(C2CCS(=O)(=O)C2)c1. The minimum absolute atomic E-state index is 0.0521. The number of aromatic nitrogens is 2. The van der Waals surface area contributed by atoms with Gasteiger partial charge in [-0.2, -0.15) is 5.10 Å². The van der Waals surface area contributed by atoms with Gasteiger partial charge in [0.05, 0.1) is 23.7 Å². The average Bonchev–Trinajstić information content (AvgIpc) is 2.96. The molecule has 2 aromatic rings. The van der Waals surface area contributed by atoms with E-state index in [0.29, 0.717) is 12.1 Å². The quantitative estimate of drug-likeness (QED) is 0.844. The smallest absolute Gasteiger partial charge is 0.152 e. The van der Waals surface area contributed by atoms with E-state index < -0.39 is 9.84 Å². The molecule has 100 valence electrons. The first-order valence-electron chi connectivity index (χ1n) is 6.15. The lowest BCUT2D eigenvalue weighted by atomic mass is 10.1. The van der Waals surface area contributed by atoms with Crippen molar-refractivity contribution >= 4 is 15.5 Å². The van der Waals surface area contributed by atoms with Crippen molar-refractivity contribution in [3.8, 4) is 11.1 Å². The van der Waals surface area contributed by atoms with Crippen molar-refractivity contribution in [2.45, 2.75) is 12.5 Å². The molecule has 1 aromatic carbocycles. The van der Waals surface area contributed by atoms with Crippen LogP contribution in [0.1, 0.15) is 12.5 Å². The molecule has 1 aromatic heterocycles. The molecule has 19 heavy (non-hydrogen) atoms. The van der Waals surface area contributed by atoms with Crippen molar-refractivity contribution in [3.05, 3.63) is 36.7 Å². The lowest BCUT2D eigenvalue weighted by Crippen LogP contribution is -2.11. The van der Waals surface area contributed by atoms with Gasteiger partial charge in [-0.15, -0.1) is 0 Å². The van der Waals surface area contributed by atoms with Gasteiger partial charge in [0.25, 0.3) is 0 Å². The van der Waals surface area contributed by atoms with E-state index in [1.165, 1.54) is 0 Å². The van der Waals surface area contributed by atoms with Gasteiger partial charge in [-0.05, 0) is 12.5 Å². The lowest BCUT2D eigenvalue weighted by molar-refractivity contribution is 0.500. The van der Waals surface area contributed by atoms with Crippen LogP contribution in [-0.4, -0.2) is 29.7 Å². The van der Waals surface area contributed by atoms with Gasteiger partial charge in [-0.25, -0.2) is 8.42 Å². The van der Waals surface area contributed by atoms with Crippen LogP contribution in [0.15, 0.2) is 36.7 Å². The van der Waals surface area contributed by atoms with E-state index in [4.69, 9.17) is 5.73 Å². The van der Waals surface area contributed by atoms with Gasteiger partial charge in [-0.1, -0.05) is 18.2 Å². The molecule has 0 aliphatic carbocycles. The summed E-state index contributed by atoms with van der Waals surface area (Å²) in [6.07, 6.45) is 4.24. The van der Waals surface area contributed by atoms with Crippen LogP contribution in [-0.2, 0) is 9.84 Å². The third kappa shape index (κ3) is 2.35. The summed E-state index contributed by atoms with van der Waals surface area (Å²) in [7, 11) is -2.89. The highest BCUT2D eigenvalue weighted by molar-refractivity contribution is 7.91. The van der Waals surface area contributed by atoms with E-state index >= 15 is 0 Å². The van der Waals surface area contributed by atoms with Crippen molar-refractivity contribution in [2.75, 3.05) is 17.2 Å². The topological polar surface area (TPSA) is 78.0 Å². The summed E-state index contributed by atoms with van der Waals surface area (Å²) in [5.41, 5.74) is 8.47. The van der Waals surface area contributed by atoms with Crippen LogP contribution in [0.25, 0.3) is 11.1 Å². The summed E-state index contributed by atoms with van der Waals surface area (Å²) in [5.74, 6) is 0.429. The highest BCUT2D eigenvalue weighted by atomic mass is 32.2. The van der Waals surface area contributed by atoms with Gasteiger partial charge in [-0.3, -0.25) is 4.68 Å². The Bertz CT molecular complexity index is 706. The van der Waals surface area contributed by atoms with Crippen LogP contribution in [0.4, 0.5) is 5.69 Å². The molecular formula is C13H15N3O2S. The van der Waals surface area contributed by atoms with Crippen molar-refractivity contribution in [1.29, 1.82) is 0 Å². The first-order chi connectivity index (χ1) is 9.05. The maximum Gasteiger partial charge on any atom is 0.152 e. The lowest BCUT2D eigenvalue weighted by Gasteiger charge is -2.07. The fraction of sp³-hybridized carbons (Fsp3) is 0.308. The molecule has 1 unspecified atom stereocenters. The zero-order valence-electron chi connectivity index (χ0n) is 10.4. The second-order valence-electron chi connectivity index (χ2n) is 4.85. The van der Waals surface area contributed by atoms with Crippen molar-refractivity contribution in [2.24, 2.45) is 0 Å². The molecule has 2 N–H and O–H groups in total. The highest BCUT2D eigenvalue weighted by Gasteiger charge is 2.29. The van der Waals surface area contributed by atoms with E-state index in [9.17, 15) is 8.42 Å². The monoisotopic (exact) mass is 277 g/mol. The number of rotatable bonds is 2. The molecule has 0 radical (unpaired) electrons. The van der Waals surface area contributed by atoms with Gasteiger partial charge in [0.1, 0.15) is 0 Å². The molecule has 0 saturated carbocycles. The summed E-state index contributed by atoms with van der Waals surface area (Å²) in [6, 6.07) is 7.52. The molecule has 2 heterocycles. The minimum atomic E-state index is -2.89. The molecule has 1 fully saturated rings. The van der Waals surface area contributed by atoms with Gasteiger partial charge >= 0.3 is 0 Å². The summed E-state index contributed by atoms with van der Waals surface area (Å²) in [6.45, 7) is 0. The molecule has 1 aliphatic rings. The van der Waals surface area contributed by atoms with Crippen LogP contribution < -0.4 is 5.73 Å². The minimum Gasteiger partial charge on any atom is -0.398 e. The Labute approximate surface area is 112 Å². The number of nitrogens with two attached hydrogens (primary N) is 1. The third-order valence-corrected chi connectivity index (χ3v) is 5.21. The maximum absolute atomic E-state index is 11.5. The van der Waals surface area contributed by atoms with Crippen LogP contribution in [0.3, 0.4) is 0 Å². The van der Waals surface area contributed by atoms with Crippen LogP contribution in [0, 0.1) is 0 Å². The highest BCUT2D eigenvalue weighted by Crippen LogP contribution is 2.28. The molecule has 3 rings (SSSR count). The zero-order chi connectivity index (χ0) is 13.5. The predicted octanol–water partition coefficient (Wildman–Crippen LogP) is 1.49. The fourth-order valence-electron chi connectivity index (χ4n) is 2.42. The number of nitrogens with zero attached hydrogens (tertiary/aromatic N) is 2. The van der Waals surface area contributed by atoms with Crippen molar-refractivity contribution in [1.82, 2.24) is 9.78 Å². The Hall–Kier alpha value is -1.82. The van der Waals surface area contributed by atoms with Gasteiger partial charge in [0.15, 0.2) is 9.84 Å². The normalized spacial score (nSPS) is 21.6. The Balaban J connectivity index is 1.91. The molecule has 1 atom stereocenters. The molecule has 0 amide bonds. The number of anilines is 1. The number of hydrogen-bond acceptors (Lipinski definition) is 4. The number of nitrogen functional groups attached to an aromatic ring is 1. The Morgan fingerprint density at radius 3 is 2.79 bits per heavy atom. The Morgan fingerprint density at radius 2 is 2.11 bits per heavy atom. The largest absolute Gasteiger partial charge is 0.398 e. The standard InChI is InChI=1S/C13H15N3O2S/c14-13-4-2-1-3-12(13)10-7-15-16(8-10)11-5-6-19(17,18)9-11/h1-4,7-8,11H,5-6,9,14H2. The van der Waals surface area contributed by atoms with Gasteiger partial charge < -0.3 is 5.73 Å². The Kier molecular flexibility index (Phi) is 2.82. The second kappa shape index (κ2) is 4.38. The number of sulfone groups is 1. The van der Waals surface area contributed by atoms with E-state index in [2.05, 4.69) is 5.10 Å². The average molecular weight is 277 g/mol. The van der Waals surface area contributed by atoms with Gasteiger partial charge in [0.2, 0.25) is 0 Å². The second-order valence-corrected chi connectivity index (χ2v) is 7.08. The summed E-state index contributed by atoms with van der Waals surface area (Å²) in [5, 5.41) is 4.28. The third-order valence-electron chi connectivity index (χ3n) is 3.46. The molecule has 1 saturated heterocycles. The molecule has 5 nitrogen and oxygen atoms in total. The predicted molar refractivity (Wildman–Crippen MR) is 74.4 cm³/mol. The Morgan fingerprint density at radius 1 is 1.32 bits per heavy atom. The first kappa shape index (κ1) is 12.2. The van der Waals surface area contributed by atoms with Crippen molar-refractivity contribution < 1.29 is 8.42 Å². The van der Waals surface area contributed by atoms with Crippen LogP contribution >= 0.6 is 0 Å². The summed E-state index contributed by atoms with van der Waals surface area (Å²) in [4.78, 5) is 0.